The predicted molar refractivity (Wildman–Crippen MR) is 91.7 cm³/mol. The fourth-order valence-corrected chi connectivity index (χ4v) is 4.08. The van der Waals surface area contributed by atoms with Crippen LogP contribution in [-0.4, -0.2) is 22.6 Å². The molecule has 0 fully saturated rings. The highest BCUT2D eigenvalue weighted by atomic mass is 79.9. The fraction of sp³-hybridized carbons (Fsp3) is 0.500. The Morgan fingerprint density at radius 3 is 3.05 bits per heavy atom. The average molecular weight is 366 g/mol. The highest BCUT2D eigenvalue weighted by Gasteiger charge is 2.21. The smallest absolute Gasteiger partial charge is 0.169 e. The normalized spacial score (nSPS) is 18.0. The summed E-state index contributed by atoms with van der Waals surface area (Å²) >= 11 is 5.17. The number of aryl methyl sites for hydroxylation is 1. The van der Waals surface area contributed by atoms with Gasteiger partial charge in [-0.3, -0.25) is 0 Å². The lowest BCUT2D eigenvalue weighted by Crippen LogP contribution is -2.32. The zero-order chi connectivity index (χ0) is 14.8. The van der Waals surface area contributed by atoms with E-state index in [1.165, 1.54) is 17.7 Å². The minimum Gasteiger partial charge on any atom is -0.314 e. The van der Waals surface area contributed by atoms with E-state index in [2.05, 4.69) is 51.5 Å². The van der Waals surface area contributed by atoms with Gasteiger partial charge < -0.3 is 5.32 Å². The third-order valence-electron chi connectivity index (χ3n) is 3.85. The first-order chi connectivity index (χ1) is 10.1. The van der Waals surface area contributed by atoms with Gasteiger partial charge >= 0.3 is 0 Å². The van der Waals surface area contributed by atoms with Crippen molar-refractivity contribution in [2.75, 3.05) is 6.54 Å². The minimum atomic E-state index is 0.558. The SMILES string of the molecule is CC(C)NCC1CCc2nc(-c3cc(Br)cs3)ncc2C1. The molecule has 2 aromatic rings. The number of hydrogen-bond acceptors (Lipinski definition) is 4. The quantitative estimate of drug-likeness (QED) is 0.887. The molecule has 0 radical (unpaired) electrons. The maximum absolute atomic E-state index is 4.78. The summed E-state index contributed by atoms with van der Waals surface area (Å²) in [5, 5.41) is 5.62. The summed E-state index contributed by atoms with van der Waals surface area (Å²) in [6.07, 6.45) is 5.43. The van der Waals surface area contributed by atoms with Crippen LogP contribution in [0.4, 0.5) is 0 Å². The Bertz CT molecular complexity index is 624. The van der Waals surface area contributed by atoms with Crippen molar-refractivity contribution in [1.82, 2.24) is 15.3 Å². The van der Waals surface area contributed by atoms with E-state index in [4.69, 9.17) is 4.98 Å². The number of thiophene rings is 1. The fourth-order valence-electron chi connectivity index (χ4n) is 2.71. The summed E-state index contributed by atoms with van der Waals surface area (Å²) < 4.78 is 1.10. The van der Waals surface area contributed by atoms with Crippen LogP contribution in [0.2, 0.25) is 0 Å². The van der Waals surface area contributed by atoms with E-state index in [-0.39, 0.29) is 0 Å². The number of fused-ring (bicyclic) bond motifs is 1. The van der Waals surface area contributed by atoms with Crippen molar-refractivity contribution in [2.24, 2.45) is 5.92 Å². The van der Waals surface area contributed by atoms with E-state index >= 15 is 0 Å². The van der Waals surface area contributed by atoms with Crippen LogP contribution in [0.15, 0.2) is 22.1 Å². The molecular formula is C16H20BrN3S. The summed E-state index contributed by atoms with van der Waals surface area (Å²) in [6, 6.07) is 2.65. The van der Waals surface area contributed by atoms with Gasteiger partial charge in [0.15, 0.2) is 5.82 Å². The highest BCUT2D eigenvalue weighted by Crippen LogP contribution is 2.30. The van der Waals surface area contributed by atoms with Gasteiger partial charge in [-0.05, 0) is 59.3 Å². The summed E-state index contributed by atoms with van der Waals surface area (Å²) in [5.74, 6) is 1.58. The molecule has 0 bridgehead atoms. The molecule has 112 valence electrons. The lowest BCUT2D eigenvalue weighted by molar-refractivity contribution is 0.403. The molecule has 0 saturated heterocycles. The molecule has 1 aliphatic carbocycles. The zero-order valence-electron chi connectivity index (χ0n) is 12.4. The second-order valence-corrected chi connectivity index (χ2v) is 7.79. The third-order valence-corrected chi connectivity index (χ3v) is 5.54. The number of nitrogens with zero attached hydrogens (tertiary/aromatic N) is 2. The van der Waals surface area contributed by atoms with Gasteiger partial charge in [-0.25, -0.2) is 9.97 Å². The molecule has 0 aromatic carbocycles. The Balaban J connectivity index is 1.73. The van der Waals surface area contributed by atoms with Gasteiger partial charge in [0.1, 0.15) is 0 Å². The Kier molecular flexibility index (Phi) is 4.72. The lowest BCUT2D eigenvalue weighted by Gasteiger charge is -2.25. The van der Waals surface area contributed by atoms with Crippen LogP contribution >= 0.6 is 27.3 Å². The molecule has 3 rings (SSSR count). The first-order valence-corrected chi connectivity index (χ1v) is 9.11. The Labute approximate surface area is 138 Å². The van der Waals surface area contributed by atoms with Crippen LogP contribution < -0.4 is 5.32 Å². The summed E-state index contributed by atoms with van der Waals surface area (Å²) in [5.41, 5.74) is 2.57. The van der Waals surface area contributed by atoms with E-state index in [1.54, 1.807) is 11.3 Å². The van der Waals surface area contributed by atoms with Crippen LogP contribution in [0.1, 0.15) is 31.5 Å². The van der Waals surface area contributed by atoms with E-state index in [1.807, 2.05) is 6.20 Å². The molecule has 2 aromatic heterocycles. The van der Waals surface area contributed by atoms with Gasteiger partial charge in [0, 0.05) is 27.8 Å². The first kappa shape index (κ1) is 15.1. The molecule has 3 nitrogen and oxygen atoms in total. The number of halogens is 1. The summed E-state index contributed by atoms with van der Waals surface area (Å²) in [4.78, 5) is 10.5. The van der Waals surface area contributed by atoms with E-state index in [9.17, 15) is 0 Å². The lowest BCUT2D eigenvalue weighted by atomic mass is 9.87. The van der Waals surface area contributed by atoms with Crippen molar-refractivity contribution < 1.29 is 0 Å². The van der Waals surface area contributed by atoms with Crippen molar-refractivity contribution >= 4 is 27.3 Å². The number of hydrogen-bond donors (Lipinski definition) is 1. The molecular weight excluding hydrogens is 346 g/mol. The van der Waals surface area contributed by atoms with Gasteiger partial charge in [-0.1, -0.05) is 13.8 Å². The van der Waals surface area contributed by atoms with E-state index < -0.39 is 0 Å². The Morgan fingerprint density at radius 2 is 2.33 bits per heavy atom. The maximum atomic E-state index is 4.78. The summed E-state index contributed by atoms with van der Waals surface area (Å²) in [7, 11) is 0. The van der Waals surface area contributed by atoms with Crippen molar-refractivity contribution in [1.29, 1.82) is 0 Å². The first-order valence-electron chi connectivity index (χ1n) is 7.44. The Morgan fingerprint density at radius 1 is 1.48 bits per heavy atom. The standard InChI is InChI=1S/C16H20BrN3S/c1-10(2)18-7-11-3-4-14-12(5-11)8-19-16(20-14)15-6-13(17)9-21-15/h6,8-11,18H,3-5,7H2,1-2H3. The molecule has 21 heavy (non-hydrogen) atoms. The van der Waals surface area contributed by atoms with Gasteiger partial charge in [-0.2, -0.15) is 0 Å². The average Bonchev–Trinajstić information content (AvgIpc) is 2.91. The van der Waals surface area contributed by atoms with Crippen LogP contribution in [0.25, 0.3) is 10.7 Å². The van der Waals surface area contributed by atoms with Crippen molar-refractivity contribution in [3.63, 3.8) is 0 Å². The molecule has 5 heteroatoms. The monoisotopic (exact) mass is 365 g/mol. The molecule has 0 aliphatic heterocycles. The van der Waals surface area contributed by atoms with Crippen LogP contribution in [0.3, 0.4) is 0 Å². The minimum absolute atomic E-state index is 0.558. The summed E-state index contributed by atoms with van der Waals surface area (Å²) in [6.45, 7) is 5.49. The second-order valence-electron chi connectivity index (χ2n) is 5.97. The molecule has 0 amide bonds. The molecule has 1 N–H and O–H groups in total. The van der Waals surface area contributed by atoms with Crippen LogP contribution in [0.5, 0.6) is 0 Å². The van der Waals surface area contributed by atoms with Gasteiger partial charge in [0.2, 0.25) is 0 Å². The molecule has 0 spiro atoms. The van der Waals surface area contributed by atoms with Gasteiger partial charge in [0.05, 0.1) is 4.88 Å². The largest absolute Gasteiger partial charge is 0.314 e. The predicted octanol–water partition coefficient (Wildman–Crippen LogP) is 4.07. The van der Waals surface area contributed by atoms with Crippen molar-refractivity contribution in [3.05, 3.63) is 33.4 Å². The van der Waals surface area contributed by atoms with E-state index in [0.29, 0.717) is 12.0 Å². The molecule has 1 aliphatic rings. The van der Waals surface area contributed by atoms with Crippen LogP contribution in [-0.2, 0) is 12.8 Å². The number of nitrogens with one attached hydrogen (secondary N) is 1. The van der Waals surface area contributed by atoms with Gasteiger partial charge in [-0.15, -0.1) is 11.3 Å². The number of aromatic nitrogens is 2. The topological polar surface area (TPSA) is 37.8 Å². The van der Waals surface area contributed by atoms with Crippen LogP contribution in [0, 0.1) is 5.92 Å². The Hall–Kier alpha value is -0.780. The van der Waals surface area contributed by atoms with Crippen molar-refractivity contribution in [3.8, 4) is 10.7 Å². The second kappa shape index (κ2) is 6.55. The highest BCUT2D eigenvalue weighted by molar-refractivity contribution is 9.10. The zero-order valence-corrected chi connectivity index (χ0v) is 14.8. The molecule has 1 unspecified atom stereocenters. The van der Waals surface area contributed by atoms with Crippen molar-refractivity contribution in [2.45, 2.75) is 39.2 Å². The molecule has 0 saturated carbocycles. The van der Waals surface area contributed by atoms with Gasteiger partial charge in [0.25, 0.3) is 0 Å². The maximum Gasteiger partial charge on any atom is 0.169 e. The molecule has 1 atom stereocenters. The van der Waals surface area contributed by atoms with E-state index in [0.717, 1.165) is 34.6 Å². The number of rotatable bonds is 4. The molecule has 2 heterocycles. The third kappa shape index (κ3) is 3.71.